The number of aryl methyl sites for hydroxylation is 1. The molecule has 15 heavy (non-hydrogen) atoms. The third kappa shape index (κ3) is 2.26. The summed E-state index contributed by atoms with van der Waals surface area (Å²) in [5.74, 6) is -0.104. The van der Waals surface area contributed by atoms with Crippen LogP contribution in [0, 0.1) is 17.0 Å². The van der Waals surface area contributed by atoms with Crippen LogP contribution in [0.5, 0.6) is 5.75 Å². The summed E-state index contributed by atoms with van der Waals surface area (Å²) in [6.07, 6.45) is 0. The molecule has 1 aromatic rings. The molecule has 0 fully saturated rings. The average molecular weight is 208 g/mol. The van der Waals surface area contributed by atoms with E-state index in [0.717, 1.165) is 0 Å². The van der Waals surface area contributed by atoms with Gasteiger partial charge in [-0.25, -0.2) is 0 Å². The van der Waals surface area contributed by atoms with Crippen LogP contribution in [0.1, 0.15) is 31.9 Å². The summed E-state index contributed by atoms with van der Waals surface area (Å²) in [6, 6.07) is 2.69. The van der Waals surface area contributed by atoms with Crippen molar-refractivity contribution in [3.05, 3.63) is 33.4 Å². The van der Waals surface area contributed by atoms with Crippen molar-refractivity contribution in [1.29, 1.82) is 0 Å². The Labute approximate surface area is 88.7 Å². The third-order valence-electron chi connectivity index (χ3n) is 2.28. The average Bonchev–Trinajstić information content (AvgIpc) is 2.06. The molecule has 0 saturated heterocycles. The van der Waals surface area contributed by atoms with Gasteiger partial charge in [0.25, 0.3) is 5.69 Å². The van der Waals surface area contributed by atoms with Crippen LogP contribution in [0.25, 0.3) is 0 Å². The number of rotatable bonds is 1. The zero-order chi connectivity index (χ0) is 11.8. The molecule has 0 saturated carbocycles. The molecule has 0 amide bonds. The van der Waals surface area contributed by atoms with Crippen molar-refractivity contribution in [3.8, 4) is 5.75 Å². The zero-order valence-corrected chi connectivity index (χ0v) is 9.33. The lowest BCUT2D eigenvalue weighted by atomic mass is 9.85. The summed E-state index contributed by atoms with van der Waals surface area (Å²) in [6.45, 7) is 7.21. The number of benzene rings is 1. The number of nitrogens with zero attached hydrogens (tertiary/aromatic N) is 1. The van der Waals surface area contributed by atoms with E-state index in [4.69, 9.17) is 0 Å². The second kappa shape index (κ2) is 3.53. The summed E-state index contributed by atoms with van der Waals surface area (Å²) >= 11 is 0. The molecule has 1 rings (SSSR count). The van der Waals surface area contributed by atoms with Gasteiger partial charge in [0.1, 0.15) is 0 Å². The topological polar surface area (TPSA) is 66.2 Å². The van der Waals surface area contributed by atoms with E-state index >= 15 is 0 Å². The Bertz CT molecular complexity index is 405. The van der Waals surface area contributed by atoms with Crippen molar-refractivity contribution >= 4 is 5.69 Å². The van der Waals surface area contributed by atoms with Crippen molar-refractivity contribution in [2.24, 2.45) is 0 Å². The van der Waals surface area contributed by atoms with E-state index in [1.54, 1.807) is 6.92 Å². The predicted molar refractivity (Wildman–Crippen MR) is 56.0 cm³/mol. The molecule has 0 aliphatic carbocycles. The quantitative estimate of drug-likeness (QED) is 0.525. The molecule has 0 aliphatic heterocycles. The van der Waals surface area contributed by atoms with Gasteiger partial charge in [0.2, 0.25) is 0 Å². The van der Waals surface area contributed by atoms with E-state index < -0.39 is 4.92 Å². The van der Waals surface area contributed by atoms with Gasteiger partial charge >= 0.3 is 0 Å². The highest BCUT2D eigenvalue weighted by Crippen LogP contribution is 2.34. The predicted octanol–water partition coefficient (Wildman–Crippen LogP) is 2.27. The Morgan fingerprint density at radius 2 is 1.80 bits per heavy atom. The van der Waals surface area contributed by atoms with E-state index in [9.17, 15) is 15.2 Å². The van der Waals surface area contributed by atoms with Gasteiger partial charge in [-0.15, -0.1) is 5.75 Å². The maximum absolute atomic E-state index is 11.8. The number of non-ortho nitro benzene ring substituents is 1. The number of nitro groups is 1. The van der Waals surface area contributed by atoms with Gasteiger partial charge in [0.15, 0.2) is 0 Å². The first kappa shape index (κ1) is 11.5. The fourth-order valence-corrected chi connectivity index (χ4v) is 1.42. The van der Waals surface area contributed by atoms with Gasteiger partial charge in [0, 0.05) is 12.1 Å². The molecule has 0 aliphatic rings. The second-order valence-electron chi connectivity index (χ2n) is 4.65. The SMILES string of the molecule is Cc1cc([N+](=O)[O-])cc(C(C)(C)C)c1[O-]. The minimum absolute atomic E-state index is 0.0166. The molecule has 0 atom stereocenters. The van der Waals surface area contributed by atoms with Gasteiger partial charge in [-0.2, -0.15) is 0 Å². The lowest BCUT2D eigenvalue weighted by molar-refractivity contribution is -0.385. The zero-order valence-electron chi connectivity index (χ0n) is 9.33. The van der Waals surface area contributed by atoms with Crippen LogP contribution in [-0.4, -0.2) is 4.92 Å². The van der Waals surface area contributed by atoms with Gasteiger partial charge in [-0.05, 0) is 17.9 Å². The van der Waals surface area contributed by atoms with Crippen LogP contribution in [0.15, 0.2) is 12.1 Å². The maximum atomic E-state index is 11.8. The van der Waals surface area contributed by atoms with Gasteiger partial charge in [-0.3, -0.25) is 10.1 Å². The highest BCUT2D eigenvalue weighted by Gasteiger charge is 2.19. The van der Waals surface area contributed by atoms with Crippen molar-refractivity contribution in [3.63, 3.8) is 0 Å². The summed E-state index contributed by atoms with van der Waals surface area (Å²) in [7, 11) is 0. The molecular formula is C11H14NO3-. The Morgan fingerprint density at radius 1 is 1.27 bits per heavy atom. The highest BCUT2D eigenvalue weighted by atomic mass is 16.6. The first-order valence-corrected chi connectivity index (χ1v) is 4.70. The van der Waals surface area contributed by atoms with Gasteiger partial charge in [0.05, 0.1) is 4.92 Å². The first-order valence-electron chi connectivity index (χ1n) is 4.70. The molecule has 0 unspecified atom stereocenters. The summed E-state index contributed by atoms with van der Waals surface area (Å²) in [5.41, 5.74) is 0.536. The molecule has 0 N–H and O–H groups in total. The lowest BCUT2D eigenvalue weighted by Gasteiger charge is -2.27. The fourth-order valence-electron chi connectivity index (χ4n) is 1.42. The van der Waals surface area contributed by atoms with E-state index in [-0.39, 0.29) is 16.9 Å². The van der Waals surface area contributed by atoms with Crippen LogP contribution in [0.4, 0.5) is 5.69 Å². The number of hydrogen-bond donors (Lipinski definition) is 0. The standard InChI is InChI=1S/C11H15NO3/c1-7-5-8(12(14)15)6-9(10(7)13)11(2,3)4/h5-6,13H,1-4H3/p-1. The fraction of sp³-hybridized carbons (Fsp3) is 0.455. The van der Waals surface area contributed by atoms with Gasteiger partial charge in [-0.1, -0.05) is 26.3 Å². The van der Waals surface area contributed by atoms with E-state index in [1.165, 1.54) is 12.1 Å². The smallest absolute Gasteiger partial charge is 0.269 e. The van der Waals surface area contributed by atoms with Crippen LogP contribution in [0.2, 0.25) is 0 Å². The van der Waals surface area contributed by atoms with Crippen molar-refractivity contribution in [2.75, 3.05) is 0 Å². The normalized spacial score (nSPS) is 11.5. The van der Waals surface area contributed by atoms with Crippen LogP contribution < -0.4 is 5.11 Å². The van der Waals surface area contributed by atoms with E-state index in [1.807, 2.05) is 20.8 Å². The molecule has 4 heteroatoms. The monoisotopic (exact) mass is 208 g/mol. The molecular weight excluding hydrogens is 194 g/mol. The Balaban J connectivity index is 3.45. The molecule has 0 heterocycles. The Hall–Kier alpha value is -1.58. The first-order chi connectivity index (χ1) is 6.73. The second-order valence-corrected chi connectivity index (χ2v) is 4.65. The highest BCUT2D eigenvalue weighted by molar-refractivity contribution is 5.50. The third-order valence-corrected chi connectivity index (χ3v) is 2.28. The molecule has 82 valence electrons. The Kier molecular flexibility index (Phi) is 2.71. The molecule has 0 spiro atoms. The molecule has 1 aromatic carbocycles. The van der Waals surface area contributed by atoms with Gasteiger partial charge < -0.3 is 5.11 Å². The number of nitro benzene ring substituents is 1. The summed E-state index contributed by atoms with van der Waals surface area (Å²) in [4.78, 5) is 10.2. The van der Waals surface area contributed by atoms with Crippen molar-refractivity contribution < 1.29 is 10.0 Å². The van der Waals surface area contributed by atoms with E-state index in [0.29, 0.717) is 11.1 Å². The van der Waals surface area contributed by atoms with E-state index in [2.05, 4.69) is 0 Å². The molecule has 4 nitrogen and oxygen atoms in total. The minimum Gasteiger partial charge on any atom is -0.872 e. The van der Waals surface area contributed by atoms with Crippen molar-refractivity contribution in [1.82, 2.24) is 0 Å². The van der Waals surface area contributed by atoms with Crippen LogP contribution in [0.3, 0.4) is 0 Å². The molecule has 0 bridgehead atoms. The molecule has 0 aromatic heterocycles. The minimum atomic E-state index is -0.471. The maximum Gasteiger partial charge on any atom is 0.269 e. The van der Waals surface area contributed by atoms with Crippen LogP contribution >= 0.6 is 0 Å². The largest absolute Gasteiger partial charge is 0.872 e. The summed E-state index contributed by atoms with van der Waals surface area (Å²) < 4.78 is 0. The lowest BCUT2D eigenvalue weighted by Crippen LogP contribution is -2.15. The Morgan fingerprint density at radius 3 is 2.20 bits per heavy atom. The van der Waals surface area contributed by atoms with Crippen molar-refractivity contribution in [2.45, 2.75) is 33.1 Å². The van der Waals surface area contributed by atoms with Crippen LogP contribution in [-0.2, 0) is 5.41 Å². The summed E-state index contributed by atoms with van der Waals surface area (Å²) in [5, 5.41) is 22.4. The molecule has 0 radical (unpaired) electrons. The number of hydrogen-bond acceptors (Lipinski definition) is 3.